The fourth-order valence-electron chi connectivity index (χ4n) is 2.73. The number of amides is 2. The molecule has 1 heterocycles. The minimum atomic E-state index is -3.70. The maximum absolute atomic E-state index is 12.5. The maximum Gasteiger partial charge on any atom is 0.409 e. The summed E-state index contributed by atoms with van der Waals surface area (Å²) in [5.41, 5.74) is 0.374. The molecule has 9 heteroatoms. The second-order valence-electron chi connectivity index (χ2n) is 6.10. The molecular formula is C18H25N3O5S. The van der Waals surface area contributed by atoms with E-state index in [1.807, 2.05) is 0 Å². The molecule has 8 nitrogen and oxygen atoms in total. The molecule has 0 atom stereocenters. The Hall–Kier alpha value is -2.39. The van der Waals surface area contributed by atoms with Crippen molar-refractivity contribution >= 4 is 22.0 Å². The number of sulfonamides is 1. The molecule has 1 aliphatic rings. The number of piperidine rings is 1. The number of nitrogens with zero attached hydrogens (tertiary/aromatic N) is 1. The first-order valence-electron chi connectivity index (χ1n) is 8.80. The Balaban J connectivity index is 1.94. The van der Waals surface area contributed by atoms with Gasteiger partial charge in [-0.1, -0.05) is 6.08 Å². The van der Waals surface area contributed by atoms with Gasteiger partial charge in [0.15, 0.2) is 0 Å². The Morgan fingerprint density at radius 1 is 1.26 bits per heavy atom. The van der Waals surface area contributed by atoms with E-state index in [1.54, 1.807) is 17.9 Å². The highest BCUT2D eigenvalue weighted by atomic mass is 32.2. The van der Waals surface area contributed by atoms with Gasteiger partial charge in [-0.2, -0.15) is 0 Å². The lowest BCUT2D eigenvalue weighted by Gasteiger charge is -2.31. The fraction of sp³-hybridized carbons (Fsp3) is 0.444. The van der Waals surface area contributed by atoms with E-state index in [2.05, 4.69) is 16.6 Å². The van der Waals surface area contributed by atoms with Gasteiger partial charge in [-0.15, -0.1) is 6.58 Å². The summed E-state index contributed by atoms with van der Waals surface area (Å²) in [5, 5.41) is 2.63. The number of rotatable bonds is 7. The van der Waals surface area contributed by atoms with Crippen LogP contribution in [0.1, 0.15) is 30.1 Å². The average molecular weight is 395 g/mol. The van der Waals surface area contributed by atoms with E-state index in [4.69, 9.17) is 4.74 Å². The van der Waals surface area contributed by atoms with E-state index in [9.17, 15) is 18.0 Å². The number of nitrogens with one attached hydrogen (secondary N) is 2. The lowest BCUT2D eigenvalue weighted by molar-refractivity contribution is 0.0952. The Morgan fingerprint density at radius 3 is 2.44 bits per heavy atom. The van der Waals surface area contributed by atoms with Crippen molar-refractivity contribution in [2.45, 2.75) is 30.7 Å². The molecule has 0 aliphatic carbocycles. The van der Waals surface area contributed by atoms with Crippen LogP contribution in [0.25, 0.3) is 0 Å². The first kappa shape index (κ1) is 20.9. The summed E-state index contributed by atoms with van der Waals surface area (Å²) in [6, 6.07) is 5.49. The van der Waals surface area contributed by atoms with Crippen LogP contribution in [-0.4, -0.2) is 57.6 Å². The molecule has 2 rings (SSSR count). The number of carbonyl (C=O) groups excluding carboxylic acids is 2. The molecule has 1 fully saturated rings. The highest BCUT2D eigenvalue weighted by Gasteiger charge is 2.27. The topological polar surface area (TPSA) is 105 Å². The van der Waals surface area contributed by atoms with Crippen LogP contribution in [0, 0.1) is 0 Å². The third-order valence-electron chi connectivity index (χ3n) is 4.18. The predicted octanol–water partition coefficient (Wildman–Crippen LogP) is 1.50. The fourth-order valence-corrected chi connectivity index (χ4v) is 4.04. The van der Waals surface area contributed by atoms with Gasteiger partial charge in [0.25, 0.3) is 5.91 Å². The van der Waals surface area contributed by atoms with E-state index in [1.165, 1.54) is 24.3 Å². The van der Waals surface area contributed by atoms with E-state index < -0.39 is 10.0 Å². The Kier molecular flexibility index (Phi) is 7.37. The molecule has 1 saturated heterocycles. The zero-order valence-corrected chi connectivity index (χ0v) is 16.1. The number of likely N-dealkylation sites (tertiary alicyclic amines) is 1. The van der Waals surface area contributed by atoms with Crippen LogP contribution in [0.15, 0.2) is 41.8 Å². The SMILES string of the molecule is C=CCNC(=O)c1ccc(S(=O)(=O)NC2CCN(C(=O)OCC)CC2)cc1. The van der Waals surface area contributed by atoms with Gasteiger partial charge in [-0.05, 0) is 44.0 Å². The lowest BCUT2D eigenvalue weighted by atomic mass is 10.1. The second-order valence-corrected chi connectivity index (χ2v) is 7.82. The van der Waals surface area contributed by atoms with Gasteiger partial charge >= 0.3 is 6.09 Å². The van der Waals surface area contributed by atoms with E-state index in [-0.39, 0.29) is 22.9 Å². The van der Waals surface area contributed by atoms with Crippen molar-refractivity contribution in [1.82, 2.24) is 14.9 Å². The van der Waals surface area contributed by atoms with E-state index >= 15 is 0 Å². The highest BCUT2D eigenvalue weighted by molar-refractivity contribution is 7.89. The van der Waals surface area contributed by atoms with Gasteiger partial charge in [0.1, 0.15) is 0 Å². The highest BCUT2D eigenvalue weighted by Crippen LogP contribution is 2.16. The normalized spacial score (nSPS) is 15.2. The van der Waals surface area contributed by atoms with Gasteiger partial charge in [0.2, 0.25) is 10.0 Å². The Bertz CT molecular complexity index is 769. The van der Waals surface area contributed by atoms with Crippen LogP contribution < -0.4 is 10.0 Å². The Morgan fingerprint density at radius 2 is 1.89 bits per heavy atom. The van der Waals surface area contributed by atoms with Crippen molar-refractivity contribution in [3.63, 3.8) is 0 Å². The summed E-state index contributed by atoms with van der Waals surface area (Å²) in [4.78, 5) is 25.2. The molecule has 1 aliphatic heterocycles. The quantitative estimate of drug-likeness (QED) is 0.681. The molecule has 148 valence electrons. The van der Waals surface area contributed by atoms with Gasteiger partial charge in [-0.25, -0.2) is 17.9 Å². The smallest absolute Gasteiger partial charge is 0.409 e. The summed E-state index contributed by atoms with van der Waals surface area (Å²) < 4.78 is 32.7. The third kappa shape index (κ3) is 5.80. The summed E-state index contributed by atoms with van der Waals surface area (Å²) in [6.07, 6.45) is 2.22. The first-order chi connectivity index (χ1) is 12.9. The number of carbonyl (C=O) groups is 2. The molecule has 1 aromatic carbocycles. The number of hydrogen-bond acceptors (Lipinski definition) is 5. The zero-order valence-electron chi connectivity index (χ0n) is 15.3. The molecule has 0 unspecified atom stereocenters. The third-order valence-corrected chi connectivity index (χ3v) is 5.71. The molecule has 2 N–H and O–H groups in total. The second kappa shape index (κ2) is 9.52. The minimum absolute atomic E-state index is 0.0931. The van der Waals surface area contributed by atoms with Crippen molar-refractivity contribution < 1.29 is 22.7 Å². The van der Waals surface area contributed by atoms with Crippen LogP contribution in [0.3, 0.4) is 0 Å². The van der Waals surface area contributed by atoms with Crippen molar-refractivity contribution in [1.29, 1.82) is 0 Å². The lowest BCUT2D eigenvalue weighted by Crippen LogP contribution is -2.46. The minimum Gasteiger partial charge on any atom is -0.450 e. The molecule has 0 aromatic heterocycles. The van der Waals surface area contributed by atoms with Gasteiger partial charge in [-0.3, -0.25) is 4.79 Å². The number of benzene rings is 1. The van der Waals surface area contributed by atoms with Crippen molar-refractivity contribution in [3.8, 4) is 0 Å². The summed E-state index contributed by atoms with van der Waals surface area (Å²) >= 11 is 0. The maximum atomic E-state index is 12.5. The Labute approximate surface area is 159 Å². The van der Waals surface area contributed by atoms with Gasteiger partial charge < -0.3 is 15.0 Å². The van der Waals surface area contributed by atoms with Crippen LogP contribution in [-0.2, 0) is 14.8 Å². The van der Waals surface area contributed by atoms with Gasteiger partial charge in [0.05, 0.1) is 11.5 Å². The molecular weight excluding hydrogens is 370 g/mol. The zero-order chi connectivity index (χ0) is 19.9. The van der Waals surface area contributed by atoms with Crippen LogP contribution in [0.4, 0.5) is 4.79 Å². The van der Waals surface area contributed by atoms with E-state index in [0.29, 0.717) is 44.6 Å². The summed E-state index contributed by atoms with van der Waals surface area (Å²) in [7, 11) is -3.70. The average Bonchev–Trinajstić information content (AvgIpc) is 2.66. The molecule has 1 aromatic rings. The number of ether oxygens (including phenoxy) is 1. The molecule has 27 heavy (non-hydrogen) atoms. The molecule has 0 bridgehead atoms. The van der Waals surface area contributed by atoms with Crippen molar-refractivity contribution in [2.24, 2.45) is 0 Å². The molecule has 0 spiro atoms. The largest absolute Gasteiger partial charge is 0.450 e. The van der Waals surface area contributed by atoms with Crippen molar-refractivity contribution in [3.05, 3.63) is 42.5 Å². The molecule has 2 amide bonds. The van der Waals surface area contributed by atoms with E-state index in [0.717, 1.165) is 0 Å². The molecule has 0 radical (unpaired) electrons. The van der Waals surface area contributed by atoms with Gasteiger partial charge in [0, 0.05) is 31.2 Å². The first-order valence-corrected chi connectivity index (χ1v) is 10.3. The van der Waals surface area contributed by atoms with Crippen LogP contribution in [0.5, 0.6) is 0 Å². The standard InChI is InChI=1S/C18H25N3O5S/c1-3-11-19-17(22)14-5-7-16(8-6-14)27(24,25)20-15-9-12-21(13-10-15)18(23)26-4-2/h3,5-8,15,20H,1,4,9-13H2,2H3,(H,19,22). The summed E-state index contributed by atoms with van der Waals surface area (Å²) in [6.45, 7) is 6.79. The van der Waals surface area contributed by atoms with Crippen molar-refractivity contribution in [2.75, 3.05) is 26.2 Å². The van der Waals surface area contributed by atoms with Crippen LogP contribution >= 0.6 is 0 Å². The molecule has 0 saturated carbocycles. The van der Waals surface area contributed by atoms with Crippen LogP contribution in [0.2, 0.25) is 0 Å². The predicted molar refractivity (Wildman–Crippen MR) is 101 cm³/mol. The summed E-state index contributed by atoms with van der Waals surface area (Å²) in [5.74, 6) is -0.293. The number of hydrogen-bond donors (Lipinski definition) is 2. The monoisotopic (exact) mass is 395 g/mol.